The highest BCUT2D eigenvalue weighted by Gasteiger charge is 2.41. The monoisotopic (exact) mass is 460 g/mol. The highest BCUT2D eigenvalue weighted by atomic mass is 16.4. The number of nitrogens with one attached hydrogen (secondary N) is 2. The number of carbonyl (C=O) groups excluding carboxylic acids is 2. The van der Waals surface area contributed by atoms with Crippen LogP contribution in [0.2, 0.25) is 0 Å². The summed E-state index contributed by atoms with van der Waals surface area (Å²) in [6, 6.07) is -1.05. The van der Waals surface area contributed by atoms with Gasteiger partial charge in [-0.15, -0.1) is 0 Å². The second kappa shape index (κ2) is 17.1. The molecule has 0 aromatic rings. The molecular weight excluding hydrogens is 404 g/mol. The average Bonchev–Trinajstić information content (AvgIpc) is 2.68. The van der Waals surface area contributed by atoms with Crippen LogP contribution in [0.3, 0.4) is 0 Å². The first kappa shape index (κ1) is 37.9. The smallest absolute Gasteiger partial charge is 0.326 e. The molecule has 0 fully saturated rings. The van der Waals surface area contributed by atoms with Gasteiger partial charge >= 0.3 is 5.97 Å². The van der Waals surface area contributed by atoms with E-state index in [1.807, 2.05) is 62.4 Å². The maximum atomic E-state index is 12.6. The lowest BCUT2D eigenvalue weighted by Crippen LogP contribution is -2.52. The Hall–Kier alpha value is -1.43. The number of carboxylic acid groups (broad SMARTS) is 1. The Morgan fingerprint density at radius 1 is 0.844 bits per heavy atom. The van der Waals surface area contributed by atoms with E-state index in [0.717, 1.165) is 12.7 Å². The normalized spacial score (nSPS) is 12.5. The van der Waals surface area contributed by atoms with E-state index in [2.05, 4.69) is 24.5 Å². The van der Waals surface area contributed by atoms with E-state index in [9.17, 15) is 19.5 Å². The number of amides is 1. The fraction of sp³-hybridized carbons (Fsp3) is 0.885. The molecule has 32 heavy (non-hydrogen) atoms. The molecule has 0 spiro atoms. The summed E-state index contributed by atoms with van der Waals surface area (Å²) in [6.45, 7) is 27.2. The molecule has 1 unspecified atom stereocenters. The zero-order valence-electron chi connectivity index (χ0n) is 23.9. The van der Waals surface area contributed by atoms with Crippen molar-refractivity contribution in [3.05, 3.63) is 0 Å². The third-order valence-electron chi connectivity index (χ3n) is 4.80. The average molecular weight is 461 g/mol. The molecule has 194 valence electrons. The van der Waals surface area contributed by atoms with E-state index in [1.165, 1.54) is 0 Å². The van der Waals surface area contributed by atoms with Crippen molar-refractivity contribution in [2.75, 3.05) is 7.05 Å². The van der Waals surface area contributed by atoms with Crippen LogP contribution in [-0.2, 0) is 14.4 Å². The van der Waals surface area contributed by atoms with Crippen molar-refractivity contribution in [3.8, 4) is 0 Å². The Morgan fingerprint density at radius 2 is 1.25 bits per heavy atom. The Morgan fingerprint density at radius 3 is 1.56 bits per heavy atom. The number of aldehydes is 1. The quantitative estimate of drug-likeness (QED) is 0.325. The van der Waals surface area contributed by atoms with Gasteiger partial charge < -0.3 is 20.5 Å². The molecule has 0 heterocycles. The van der Waals surface area contributed by atoms with Gasteiger partial charge in [0.15, 0.2) is 0 Å². The predicted octanol–water partition coefficient (Wildman–Crippen LogP) is 6.08. The van der Waals surface area contributed by atoms with E-state index >= 15 is 0 Å². The summed E-state index contributed by atoms with van der Waals surface area (Å²) in [5.74, 6) is -1.37. The lowest BCUT2D eigenvalue weighted by molar-refractivity contribution is -0.146. The molecule has 0 aliphatic heterocycles. The number of aliphatic carboxylic acids is 1. The summed E-state index contributed by atoms with van der Waals surface area (Å²) in [6.07, 6.45) is 2.19. The van der Waals surface area contributed by atoms with Crippen molar-refractivity contribution < 1.29 is 19.5 Å². The second-order valence-corrected chi connectivity index (χ2v) is 10.3. The van der Waals surface area contributed by atoms with Gasteiger partial charge in [0.05, 0.1) is 0 Å². The van der Waals surface area contributed by atoms with Crippen molar-refractivity contribution in [2.45, 2.75) is 128 Å². The fourth-order valence-electron chi connectivity index (χ4n) is 3.90. The summed E-state index contributed by atoms with van der Waals surface area (Å²) >= 11 is 0. The second-order valence-electron chi connectivity index (χ2n) is 10.3. The molecule has 0 saturated carbocycles. The molecule has 1 amide bonds. The topological polar surface area (TPSA) is 95.5 Å². The first-order valence-electron chi connectivity index (χ1n) is 12.1. The van der Waals surface area contributed by atoms with Crippen molar-refractivity contribution in [3.63, 3.8) is 0 Å². The molecule has 0 aliphatic carbocycles. The van der Waals surface area contributed by atoms with Gasteiger partial charge in [-0.1, -0.05) is 83.1 Å². The highest BCUT2D eigenvalue weighted by molar-refractivity contribution is 5.84. The van der Waals surface area contributed by atoms with Gasteiger partial charge in [0, 0.05) is 17.4 Å². The Kier molecular flexibility index (Phi) is 20.2. The number of carboxylic acids is 1. The van der Waals surface area contributed by atoms with E-state index in [4.69, 9.17) is 0 Å². The van der Waals surface area contributed by atoms with Crippen molar-refractivity contribution in [1.82, 2.24) is 10.6 Å². The largest absolute Gasteiger partial charge is 0.480 e. The van der Waals surface area contributed by atoms with Gasteiger partial charge in [-0.25, -0.2) is 4.79 Å². The van der Waals surface area contributed by atoms with Gasteiger partial charge in [-0.2, -0.15) is 0 Å². The first-order chi connectivity index (χ1) is 14.5. The summed E-state index contributed by atoms with van der Waals surface area (Å²) in [5, 5.41) is 15.6. The lowest BCUT2D eigenvalue weighted by Gasteiger charge is -2.38. The molecular formula is C26H56N2O4. The standard InChI is InChI=1S/C20H38N2O4.3C2H6/c1-17(2,12-20(7,8)21-9)10-14(24)22-15(16(25)26)19(5,6)11-18(3,4)13-23;3*1-2/h13,15,21H,10-12H2,1-9H3,(H,22,24)(H,25,26);3*1-2H3. The zero-order valence-corrected chi connectivity index (χ0v) is 23.9. The Labute approximate surface area is 199 Å². The summed E-state index contributed by atoms with van der Waals surface area (Å²) in [4.78, 5) is 35.6. The molecule has 0 aliphatic rings. The molecule has 0 bridgehead atoms. The maximum Gasteiger partial charge on any atom is 0.326 e. The van der Waals surface area contributed by atoms with Crippen molar-refractivity contribution >= 4 is 18.2 Å². The van der Waals surface area contributed by atoms with E-state index in [-0.39, 0.29) is 23.3 Å². The summed E-state index contributed by atoms with van der Waals surface area (Å²) in [7, 11) is 1.88. The maximum absolute atomic E-state index is 12.6. The van der Waals surface area contributed by atoms with Crippen LogP contribution in [0.1, 0.15) is 116 Å². The minimum atomic E-state index is -1.08. The molecule has 6 nitrogen and oxygen atoms in total. The minimum absolute atomic E-state index is 0.122. The van der Waals surface area contributed by atoms with Gasteiger partial charge in [0.1, 0.15) is 12.3 Å². The molecule has 3 N–H and O–H groups in total. The van der Waals surface area contributed by atoms with Crippen LogP contribution in [0.15, 0.2) is 0 Å². The number of rotatable bonds is 11. The van der Waals surface area contributed by atoms with Gasteiger partial charge in [-0.05, 0) is 44.6 Å². The molecule has 1 atom stereocenters. The molecule has 6 heteroatoms. The van der Waals surface area contributed by atoms with Crippen LogP contribution < -0.4 is 10.6 Å². The van der Waals surface area contributed by atoms with Crippen LogP contribution in [0.4, 0.5) is 0 Å². The highest BCUT2D eigenvalue weighted by Crippen LogP contribution is 2.36. The summed E-state index contributed by atoms with van der Waals surface area (Å²) < 4.78 is 0. The molecule has 0 rings (SSSR count). The van der Waals surface area contributed by atoms with Crippen LogP contribution in [0.5, 0.6) is 0 Å². The third-order valence-corrected chi connectivity index (χ3v) is 4.80. The third kappa shape index (κ3) is 17.2. The first-order valence-corrected chi connectivity index (χ1v) is 12.1. The number of hydrogen-bond acceptors (Lipinski definition) is 4. The van der Waals surface area contributed by atoms with Crippen LogP contribution in [0, 0.1) is 16.2 Å². The fourth-order valence-corrected chi connectivity index (χ4v) is 3.90. The lowest BCUT2D eigenvalue weighted by atomic mass is 9.71. The van der Waals surface area contributed by atoms with Crippen LogP contribution in [0.25, 0.3) is 0 Å². The SMILES string of the molecule is CC.CC.CC.CNC(C)(C)CC(C)(C)CC(=O)NC(C(=O)O)C(C)(C)CC(C)(C)C=O. The van der Waals surface area contributed by atoms with Crippen LogP contribution >= 0.6 is 0 Å². The van der Waals surface area contributed by atoms with E-state index in [0.29, 0.717) is 6.42 Å². The minimum Gasteiger partial charge on any atom is -0.480 e. The van der Waals surface area contributed by atoms with Crippen LogP contribution in [-0.4, -0.2) is 41.9 Å². The van der Waals surface area contributed by atoms with Crippen molar-refractivity contribution in [2.24, 2.45) is 16.2 Å². The van der Waals surface area contributed by atoms with E-state index in [1.54, 1.807) is 27.7 Å². The Bertz CT molecular complexity index is 524. The molecule has 0 saturated heterocycles. The summed E-state index contributed by atoms with van der Waals surface area (Å²) in [5.41, 5.74) is -1.83. The van der Waals surface area contributed by atoms with E-state index < -0.39 is 22.8 Å². The Balaban J connectivity index is -0.000000597. The number of hydrogen-bond donors (Lipinski definition) is 3. The van der Waals surface area contributed by atoms with Gasteiger partial charge in [0.2, 0.25) is 5.91 Å². The molecule has 0 radical (unpaired) electrons. The van der Waals surface area contributed by atoms with Gasteiger partial charge in [0.25, 0.3) is 0 Å². The predicted molar refractivity (Wildman–Crippen MR) is 138 cm³/mol. The zero-order chi connectivity index (χ0) is 27.0. The van der Waals surface area contributed by atoms with Crippen molar-refractivity contribution in [1.29, 1.82) is 0 Å². The van der Waals surface area contributed by atoms with Gasteiger partial charge in [-0.3, -0.25) is 4.79 Å². The molecule has 0 aromatic heterocycles. The number of carbonyl (C=O) groups is 3. The molecule has 0 aromatic carbocycles.